The topological polar surface area (TPSA) is 82.4 Å². The van der Waals surface area contributed by atoms with Crippen LogP contribution >= 0.6 is 0 Å². The predicted molar refractivity (Wildman–Crippen MR) is 117 cm³/mol. The summed E-state index contributed by atoms with van der Waals surface area (Å²) in [6, 6.07) is 8.09. The molecular weight excluding hydrogens is 449 g/mol. The Morgan fingerprint density at radius 1 is 1.06 bits per heavy atom. The highest BCUT2D eigenvalue weighted by molar-refractivity contribution is 5.78. The number of carbonyl (C=O) groups excluding carboxylic acids is 2. The molecule has 0 N–H and O–H groups in total. The van der Waals surface area contributed by atoms with E-state index in [1.54, 1.807) is 35.4 Å². The molecule has 2 bridgehead atoms. The Labute approximate surface area is 195 Å². The predicted octanol–water partition coefficient (Wildman–Crippen LogP) is 3.04. The van der Waals surface area contributed by atoms with Crippen molar-refractivity contribution in [2.75, 3.05) is 13.1 Å². The van der Waals surface area contributed by atoms with Crippen LogP contribution in [0, 0.1) is 11.3 Å². The number of alkyl halides is 3. The van der Waals surface area contributed by atoms with Crippen LogP contribution in [0.15, 0.2) is 41.2 Å². The van der Waals surface area contributed by atoms with Gasteiger partial charge in [-0.2, -0.15) is 13.2 Å². The summed E-state index contributed by atoms with van der Waals surface area (Å²) in [7, 11) is 0. The van der Waals surface area contributed by atoms with Gasteiger partial charge in [0.1, 0.15) is 0 Å². The van der Waals surface area contributed by atoms with E-state index in [1.807, 2.05) is 0 Å². The van der Waals surface area contributed by atoms with E-state index in [9.17, 15) is 32.7 Å². The average molecular weight is 475 g/mol. The number of piperidine rings is 1. The Bertz CT molecular complexity index is 1190. The average Bonchev–Trinajstić information content (AvgIpc) is 2.72. The summed E-state index contributed by atoms with van der Waals surface area (Å²) in [5.41, 5.74) is -0.661. The van der Waals surface area contributed by atoms with Gasteiger partial charge >= 0.3 is 6.18 Å². The van der Waals surface area contributed by atoms with Crippen molar-refractivity contribution < 1.29 is 27.9 Å². The van der Waals surface area contributed by atoms with E-state index in [1.165, 1.54) is 12.1 Å². The molecule has 4 rings (SSSR count). The zero-order valence-electron chi connectivity index (χ0n) is 19.0. The van der Waals surface area contributed by atoms with E-state index in [-0.39, 0.29) is 47.3 Å². The highest BCUT2D eigenvalue weighted by Gasteiger charge is 2.38. The number of amides is 1. The van der Waals surface area contributed by atoms with Crippen LogP contribution in [0.2, 0.25) is 0 Å². The zero-order chi connectivity index (χ0) is 24.8. The molecule has 2 aromatic rings. The molecule has 2 aliphatic heterocycles. The van der Waals surface area contributed by atoms with Crippen LogP contribution in [0.25, 0.3) is 11.1 Å². The molecule has 2 atom stereocenters. The Morgan fingerprint density at radius 3 is 2.47 bits per heavy atom. The number of aliphatic carboxylic acids is 1. The van der Waals surface area contributed by atoms with Crippen LogP contribution in [0.4, 0.5) is 13.2 Å². The zero-order valence-corrected chi connectivity index (χ0v) is 19.0. The van der Waals surface area contributed by atoms with E-state index in [0.717, 1.165) is 24.2 Å². The van der Waals surface area contributed by atoms with Gasteiger partial charge in [-0.25, -0.2) is 0 Å². The lowest BCUT2D eigenvalue weighted by atomic mass is 9.81. The fourth-order valence-electron chi connectivity index (χ4n) is 5.21. The number of nitrogens with zero attached hydrogens (tertiary/aromatic N) is 2. The number of carboxylic acid groups (broad SMARTS) is 1. The summed E-state index contributed by atoms with van der Waals surface area (Å²) in [5.74, 6) is -1.35. The number of carboxylic acids is 1. The molecule has 1 saturated heterocycles. The van der Waals surface area contributed by atoms with Crippen molar-refractivity contribution in [2.24, 2.45) is 11.3 Å². The highest BCUT2D eigenvalue weighted by Crippen LogP contribution is 2.37. The van der Waals surface area contributed by atoms with Crippen molar-refractivity contribution in [3.05, 3.63) is 58.0 Å². The van der Waals surface area contributed by atoms with Gasteiger partial charge in [0.05, 0.1) is 5.56 Å². The quantitative estimate of drug-likeness (QED) is 0.666. The molecule has 1 aromatic carbocycles. The van der Waals surface area contributed by atoms with Crippen molar-refractivity contribution in [3.8, 4) is 11.1 Å². The summed E-state index contributed by atoms with van der Waals surface area (Å²) in [6.45, 7) is 4.68. The number of aromatic nitrogens is 1. The first-order valence-corrected chi connectivity index (χ1v) is 11.2. The molecule has 2 aliphatic rings. The first-order valence-electron chi connectivity index (χ1n) is 11.2. The summed E-state index contributed by atoms with van der Waals surface area (Å²) in [4.78, 5) is 38.9. The maximum atomic E-state index is 13.3. The highest BCUT2D eigenvalue weighted by atomic mass is 19.4. The SMILES string of the molecule is CC(C)(CC(=O)[O-])CC(=O)N1C[C@@H]2C[C@H](C1)c1ccc(-c3cccc(C(F)(F)F)c3)c(=O)n1C2. The van der Waals surface area contributed by atoms with Gasteiger partial charge < -0.3 is 19.4 Å². The second kappa shape index (κ2) is 8.60. The molecule has 34 heavy (non-hydrogen) atoms. The number of fused-ring (bicyclic) bond motifs is 4. The molecule has 3 heterocycles. The Hall–Kier alpha value is -3.10. The number of hydrogen-bond donors (Lipinski definition) is 0. The van der Waals surface area contributed by atoms with Crippen LogP contribution in [0.1, 0.15) is 50.3 Å². The first-order chi connectivity index (χ1) is 15.8. The fourth-order valence-corrected chi connectivity index (χ4v) is 5.21. The molecule has 1 amide bonds. The minimum Gasteiger partial charge on any atom is -0.550 e. The van der Waals surface area contributed by atoms with Gasteiger partial charge in [-0.05, 0) is 54.0 Å². The third-order valence-corrected chi connectivity index (χ3v) is 6.71. The van der Waals surface area contributed by atoms with E-state index in [0.29, 0.717) is 19.6 Å². The molecular formula is C25H26F3N2O4-. The van der Waals surface area contributed by atoms with Crippen LogP contribution < -0.4 is 10.7 Å². The Balaban J connectivity index is 1.58. The lowest BCUT2D eigenvalue weighted by molar-refractivity contribution is -0.307. The van der Waals surface area contributed by atoms with Crippen molar-refractivity contribution in [1.82, 2.24) is 9.47 Å². The largest absolute Gasteiger partial charge is 0.550 e. The van der Waals surface area contributed by atoms with Crippen molar-refractivity contribution in [3.63, 3.8) is 0 Å². The summed E-state index contributed by atoms with van der Waals surface area (Å²) >= 11 is 0. The van der Waals surface area contributed by atoms with Gasteiger partial charge in [-0.3, -0.25) is 9.59 Å². The number of pyridine rings is 1. The number of likely N-dealkylation sites (tertiary alicyclic amines) is 1. The van der Waals surface area contributed by atoms with Crippen LogP contribution in [0.5, 0.6) is 0 Å². The third-order valence-electron chi connectivity index (χ3n) is 6.71. The second-order valence-electron chi connectivity index (χ2n) is 10.2. The molecule has 1 fully saturated rings. The standard InChI is InChI=1S/C25H27F3N2O4/c1-24(2,11-22(32)33)10-21(31)29-12-15-8-17(14-29)20-7-6-19(23(34)30(20)13-15)16-4-3-5-18(9-16)25(26,27)28/h3-7,9,15,17H,8,10-14H2,1-2H3,(H,32,33)/p-1/t15-,17+/m0/s1. The summed E-state index contributed by atoms with van der Waals surface area (Å²) in [5, 5.41) is 11.0. The third kappa shape index (κ3) is 4.88. The monoisotopic (exact) mass is 475 g/mol. The number of rotatable bonds is 5. The smallest absolute Gasteiger partial charge is 0.416 e. The fraction of sp³-hybridized carbons (Fsp3) is 0.480. The van der Waals surface area contributed by atoms with Gasteiger partial charge in [0, 0.05) is 49.2 Å². The molecule has 1 aromatic heterocycles. The van der Waals surface area contributed by atoms with Gasteiger partial charge in [-0.1, -0.05) is 26.0 Å². The molecule has 182 valence electrons. The molecule has 6 nitrogen and oxygen atoms in total. The molecule has 9 heteroatoms. The number of benzene rings is 1. The summed E-state index contributed by atoms with van der Waals surface area (Å²) < 4.78 is 41.0. The van der Waals surface area contributed by atoms with E-state index in [2.05, 4.69) is 0 Å². The summed E-state index contributed by atoms with van der Waals surface area (Å²) in [6.07, 6.45) is -3.81. The minimum atomic E-state index is -4.50. The molecule has 0 radical (unpaired) electrons. The van der Waals surface area contributed by atoms with Crippen molar-refractivity contribution in [1.29, 1.82) is 0 Å². The lowest BCUT2D eigenvalue weighted by Crippen LogP contribution is -2.50. The second-order valence-corrected chi connectivity index (χ2v) is 10.2. The van der Waals surface area contributed by atoms with Crippen LogP contribution in [0.3, 0.4) is 0 Å². The number of carbonyl (C=O) groups is 2. The van der Waals surface area contributed by atoms with E-state index in [4.69, 9.17) is 0 Å². The van der Waals surface area contributed by atoms with Crippen molar-refractivity contribution >= 4 is 11.9 Å². The normalized spacial score (nSPS) is 20.1. The van der Waals surface area contributed by atoms with E-state index < -0.39 is 23.1 Å². The number of hydrogen-bond acceptors (Lipinski definition) is 4. The molecule has 0 saturated carbocycles. The van der Waals surface area contributed by atoms with Gasteiger partial charge in [0.15, 0.2) is 0 Å². The minimum absolute atomic E-state index is 0.0360. The maximum Gasteiger partial charge on any atom is 0.416 e. The maximum absolute atomic E-state index is 13.3. The van der Waals surface area contributed by atoms with Gasteiger partial charge in [0.25, 0.3) is 5.56 Å². The Morgan fingerprint density at radius 2 is 1.79 bits per heavy atom. The van der Waals surface area contributed by atoms with Gasteiger partial charge in [0.2, 0.25) is 5.91 Å². The lowest BCUT2D eigenvalue weighted by Gasteiger charge is -2.43. The number of halogens is 3. The molecule has 0 unspecified atom stereocenters. The molecule has 0 spiro atoms. The first kappa shape index (κ1) is 24.0. The van der Waals surface area contributed by atoms with E-state index >= 15 is 0 Å². The Kier molecular flexibility index (Phi) is 6.08. The van der Waals surface area contributed by atoms with Crippen LogP contribution in [-0.4, -0.2) is 34.4 Å². The van der Waals surface area contributed by atoms with Crippen molar-refractivity contribution in [2.45, 2.75) is 51.7 Å². The van der Waals surface area contributed by atoms with Crippen LogP contribution in [-0.2, 0) is 22.3 Å². The van der Waals surface area contributed by atoms with Gasteiger partial charge in [-0.15, -0.1) is 0 Å². The molecule has 0 aliphatic carbocycles.